The Balaban J connectivity index is -0.00000155. The monoisotopic (exact) mass is 906 g/mol. The van der Waals surface area contributed by atoms with Crippen molar-refractivity contribution in [1.29, 1.82) is 0 Å². The van der Waals surface area contributed by atoms with Gasteiger partial charge in [0.05, 0.1) is 12.2 Å². The molecule has 7 nitrogen and oxygen atoms in total. The van der Waals surface area contributed by atoms with Gasteiger partial charge < -0.3 is 20.4 Å². The lowest BCUT2D eigenvalue weighted by molar-refractivity contribution is -0.125. The zero-order valence-electron chi connectivity index (χ0n) is 44.9. The molecule has 0 aromatic rings. The van der Waals surface area contributed by atoms with E-state index >= 15 is 0 Å². The summed E-state index contributed by atoms with van der Waals surface area (Å²) in [7, 11) is 0. The van der Waals surface area contributed by atoms with Crippen LogP contribution in [-0.4, -0.2) is 76.6 Å². The van der Waals surface area contributed by atoms with E-state index in [1.54, 1.807) is 6.92 Å². The summed E-state index contributed by atoms with van der Waals surface area (Å²) in [6.07, 6.45) is 40.7. The molecule has 0 spiro atoms. The Kier molecular flexibility index (Phi) is 54.4. The van der Waals surface area contributed by atoms with Crippen LogP contribution in [0.5, 0.6) is 0 Å². The fraction of sp³-hybridized carbons (Fsp3) is 0.895. The van der Waals surface area contributed by atoms with Crippen LogP contribution in [0.2, 0.25) is 0 Å². The number of unbranched alkanes of at least 4 members (excludes halogenated alkanes) is 19. The van der Waals surface area contributed by atoms with Gasteiger partial charge in [-0.2, -0.15) is 0 Å². The fourth-order valence-electron chi connectivity index (χ4n) is 8.50. The molecule has 0 aromatic carbocycles. The lowest BCUT2D eigenvalue weighted by atomic mass is 9.91. The second-order valence-electron chi connectivity index (χ2n) is 18.9. The predicted octanol–water partition coefficient (Wildman–Crippen LogP) is 15.9. The number of carbonyl (C=O) groups excluding carboxylic acids is 2. The van der Waals surface area contributed by atoms with Gasteiger partial charge in [-0.3, -0.25) is 14.5 Å². The number of ketones is 1. The molecule has 4 unspecified atom stereocenters. The minimum absolute atomic E-state index is 0.148. The van der Waals surface area contributed by atoms with Crippen LogP contribution in [0.4, 0.5) is 0 Å². The number of hydrogen-bond acceptors (Lipinski definition) is 6. The van der Waals surface area contributed by atoms with Crippen molar-refractivity contribution < 1.29 is 19.8 Å². The first kappa shape index (κ1) is 66.6. The lowest BCUT2D eigenvalue weighted by Crippen LogP contribution is -2.39. The Hall–Kier alpha value is -1.70. The van der Waals surface area contributed by atoms with Crippen molar-refractivity contribution in [3.05, 3.63) is 24.6 Å². The molecule has 0 saturated carbocycles. The zero-order chi connectivity index (χ0) is 48.5. The van der Waals surface area contributed by atoms with Crippen LogP contribution < -0.4 is 5.32 Å². The highest BCUT2D eigenvalue weighted by Gasteiger charge is 2.19. The molecule has 4 atom stereocenters. The Bertz CT molecular complexity index is 1020. The number of aliphatic hydroxyl groups excluding tert-OH is 2. The van der Waals surface area contributed by atoms with Crippen molar-refractivity contribution in [2.45, 2.75) is 287 Å². The van der Waals surface area contributed by atoms with Gasteiger partial charge in [-0.25, -0.2) is 0 Å². The molecule has 0 aliphatic carbocycles. The Labute approximate surface area is 401 Å². The van der Waals surface area contributed by atoms with Crippen LogP contribution >= 0.6 is 0 Å². The van der Waals surface area contributed by atoms with Gasteiger partial charge in [0.25, 0.3) is 0 Å². The van der Waals surface area contributed by atoms with Gasteiger partial charge in [-0.05, 0) is 84.8 Å². The third kappa shape index (κ3) is 45.5. The van der Waals surface area contributed by atoms with Crippen molar-refractivity contribution in [2.24, 2.45) is 11.8 Å². The van der Waals surface area contributed by atoms with Crippen LogP contribution in [0.25, 0.3) is 0 Å². The number of aliphatic hydroxyl groups is 2. The van der Waals surface area contributed by atoms with Crippen molar-refractivity contribution in [2.75, 3.05) is 32.7 Å². The maximum Gasteiger partial charge on any atom is 0.223 e. The summed E-state index contributed by atoms with van der Waals surface area (Å²) >= 11 is 0. The SMILES string of the molecule is C=C(C)N(/C=C\C)CCCN(CC(O)CCCCC)CC(O)CCCCNC(=O)C(CCCCCC)CCCCCCCC.CC.CCCCCCCCC(CCCCCC)C(C)=O. The van der Waals surface area contributed by atoms with E-state index in [0.29, 0.717) is 37.8 Å². The van der Waals surface area contributed by atoms with E-state index in [1.165, 1.54) is 116 Å². The van der Waals surface area contributed by atoms with Gasteiger partial charge in [0.15, 0.2) is 0 Å². The van der Waals surface area contributed by atoms with Crippen molar-refractivity contribution >= 4 is 11.7 Å². The minimum Gasteiger partial charge on any atom is -0.392 e. The van der Waals surface area contributed by atoms with Gasteiger partial charge in [0.2, 0.25) is 5.91 Å². The molecule has 3 N–H and O–H groups in total. The molecule has 0 fully saturated rings. The van der Waals surface area contributed by atoms with E-state index in [9.17, 15) is 19.8 Å². The predicted molar refractivity (Wildman–Crippen MR) is 283 cm³/mol. The molecule has 0 aliphatic heterocycles. The van der Waals surface area contributed by atoms with Crippen molar-refractivity contribution in [3.63, 3.8) is 0 Å². The maximum absolute atomic E-state index is 13.0. The molecular formula is C57H115N3O4. The van der Waals surface area contributed by atoms with E-state index in [-0.39, 0.29) is 17.9 Å². The number of rotatable bonds is 45. The molecule has 0 aromatic heterocycles. The number of hydrogen-bond donors (Lipinski definition) is 3. The summed E-state index contributed by atoms with van der Waals surface area (Å²) in [6.45, 7) is 28.6. The molecule has 382 valence electrons. The summed E-state index contributed by atoms with van der Waals surface area (Å²) in [5.41, 5.74) is 1.02. The van der Waals surface area contributed by atoms with Crippen LogP contribution in [0.3, 0.4) is 0 Å². The molecule has 0 radical (unpaired) electrons. The van der Waals surface area contributed by atoms with Crippen LogP contribution in [-0.2, 0) is 9.59 Å². The van der Waals surface area contributed by atoms with E-state index in [2.05, 4.69) is 62.5 Å². The summed E-state index contributed by atoms with van der Waals surface area (Å²) in [6, 6.07) is 0. The molecule has 0 rings (SSSR count). The molecule has 1 amide bonds. The van der Waals surface area contributed by atoms with E-state index < -0.39 is 6.10 Å². The lowest BCUT2D eigenvalue weighted by Gasteiger charge is -2.29. The Morgan fingerprint density at radius 1 is 0.516 bits per heavy atom. The molecule has 64 heavy (non-hydrogen) atoms. The highest BCUT2D eigenvalue weighted by Crippen LogP contribution is 2.21. The van der Waals surface area contributed by atoms with Crippen LogP contribution in [0.1, 0.15) is 275 Å². The van der Waals surface area contributed by atoms with E-state index in [4.69, 9.17) is 0 Å². The third-order valence-corrected chi connectivity index (χ3v) is 12.6. The van der Waals surface area contributed by atoms with Gasteiger partial charge in [-0.1, -0.05) is 209 Å². The number of nitrogens with zero attached hydrogens (tertiary/aromatic N) is 2. The number of carbonyl (C=O) groups is 2. The first-order valence-electron chi connectivity index (χ1n) is 27.9. The molecule has 7 heteroatoms. The normalized spacial score (nSPS) is 13.1. The quantitative estimate of drug-likeness (QED) is 0.0527. The largest absolute Gasteiger partial charge is 0.392 e. The smallest absolute Gasteiger partial charge is 0.223 e. The fourth-order valence-corrected chi connectivity index (χ4v) is 8.50. The average Bonchev–Trinajstić information content (AvgIpc) is 3.27. The molecular weight excluding hydrogens is 791 g/mol. The van der Waals surface area contributed by atoms with Crippen molar-refractivity contribution in [3.8, 4) is 0 Å². The molecule has 0 saturated heterocycles. The highest BCUT2D eigenvalue weighted by atomic mass is 16.3. The minimum atomic E-state index is -0.430. The van der Waals surface area contributed by atoms with Gasteiger partial charge in [-0.15, -0.1) is 0 Å². The first-order chi connectivity index (χ1) is 31.0. The average molecular weight is 907 g/mol. The van der Waals surface area contributed by atoms with E-state index in [1.807, 2.05) is 33.8 Å². The Morgan fingerprint density at radius 2 is 0.875 bits per heavy atom. The first-order valence-corrected chi connectivity index (χ1v) is 27.9. The molecule has 0 bridgehead atoms. The standard InChI is InChI=1S/C38H75N3O3.C17H34O.C2H6/c1-7-11-14-16-17-20-25-35(24-19-15-12-8-2)38(44)39-28-22-21-27-37(43)33-40(32-36(42)26-18-13-9-3)30-23-31-41(29-10-4)34(5)6;1-4-6-8-10-11-13-15-17(16(3)18)14-12-9-7-5-2;1-2/h10,29,35-37,42-43H,5,7-9,11-28,30-33H2,1-4,6H3,(H,39,44);17H,4-15H2,1-3H3;1-2H3/b29-10-;;. The van der Waals surface area contributed by atoms with Crippen molar-refractivity contribution in [1.82, 2.24) is 15.1 Å². The summed E-state index contributed by atoms with van der Waals surface area (Å²) in [5.74, 6) is 1.16. The maximum atomic E-state index is 13.0. The second-order valence-corrected chi connectivity index (χ2v) is 18.9. The number of allylic oxidation sites excluding steroid dienone is 2. The summed E-state index contributed by atoms with van der Waals surface area (Å²) < 4.78 is 0. The topological polar surface area (TPSA) is 93.1 Å². The summed E-state index contributed by atoms with van der Waals surface area (Å²) in [5, 5.41) is 24.8. The molecule has 0 heterocycles. The van der Waals surface area contributed by atoms with Gasteiger partial charge in [0.1, 0.15) is 5.78 Å². The molecule has 0 aliphatic rings. The number of nitrogens with one attached hydrogen (secondary N) is 1. The second kappa shape index (κ2) is 52.3. The van der Waals surface area contributed by atoms with E-state index in [0.717, 1.165) is 102 Å². The zero-order valence-corrected chi connectivity index (χ0v) is 44.9. The summed E-state index contributed by atoms with van der Waals surface area (Å²) in [4.78, 5) is 29.0. The van der Waals surface area contributed by atoms with Gasteiger partial charge >= 0.3 is 0 Å². The Morgan fingerprint density at radius 3 is 1.28 bits per heavy atom. The van der Waals surface area contributed by atoms with Crippen LogP contribution in [0.15, 0.2) is 24.6 Å². The number of Topliss-reactive ketones (excluding diaryl/α,β-unsaturated/α-hetero) is 1. The number of amides is 1. The third-order valence-electron chi connectivity index (χ3n) is 12.6. The van der Waals surface area contributed by atoms with Gasteiger partial charge in [0, 0.05) is 50.3 Å². The van der Waals surface area contributed by atoms with Crippen LogP contribution in [0, 0.1) is 11.8 Å². The highest BCUT2D eigenvalue weighted by molar-refractivity contribution is 5.78.